The standard InChI is InChI=1S/C13H10ClN3O/c14-11-3-4-12(13-10(11)2-1-5-15-13)17-6-9(7-18)16-8-17/h1-6,8,18H,7H2. The Morgan fingerprint density at radius 2 is 2.11 bits per heavy atom. The Hall–Kier alpha value is -1.91. The zero-order valence-electron chi connectivity index (χ0n) is 9.42. The summed E-state index contributed by atoms with van der Waals surface area (Å²) in [5.41, 5.74) is 2.32. The zero-order chi connectivity index (χ0) is 12.5. The van der Waals surface area contributed by atoms with Gasteiger partial charge in [0.15, 0.2) is 0 Å². The summed E-state index contributed by atoms with van der Waals surface area (Å²) in [5.74, 6) is 0. The van der Waals surface area contributed by atoms with E-state index in [2.05, 4.69) is 9.97 Å². The van der Waals surface area contributed by atoms with Crippen LogP contribution in [-0.2, 0) is 6.61 Å². The predicted octanol–water partition coefficient (Wildman–Crippen LogP) is 2.57. The summed E-state index contributed by atoms with van der Waals surface area (Å²) in [6.07, 6.45) is 5.16. The molecule has 1 aromatic carbocycles. The quantitative estimate of drug-likeness (QED) is 0.770. The molecule has 1 N–H and O–H groups in total. The van der Waals surface area contributed by atoms with E-state index in [1.807, 2.05) is 28.8 Å². The number of imidazole rings is 1. The molecule has 0 fully saturated rings. The average molecular weight is 260 g/mol. The van der Waals surface area contributed by atoms with Gasteiger partial charge in [-0.3, -0.25) is 4.98 Å². The van der Waals surface area contributed by atoms with Crippen molar-refractivity contribution in [1.82, 2.24) is 14.5 Å². The number of aromatic nitrogens is 3. The molecule has 2 aromatic heterocycles. The van der Waals surface area contributed by atoms with Gasteiger partial charge in [-0.1, -0.05) is 11.6 Å². The molecule has 18 heavy (non-hydrogen) atoms. The van der Waals surface area contributed by atoms with Crippen molar-refractivity contribution in [3.63, 3.8) is 0 Å². The number of halogens is 1. The van der Waals surface area contributed by atoms with E-state index in [0.29, 0.717) is 10.7 Å². The summed E-state index contributed by atoms with van der Waals surface area (Å²) in [6.45, 7) is -0.0774. The Balaban J connectivity index is 2.26. The van der Waals surface area contributed by atoms with E-state index in [0.717, 1.165) is 16.6 Å². The molecule has 0 aliphatic heterocycles. The van der Waals surface area contributed by atoms with Gasteiger partial charge >= 0.3 is 0 Å². The van der Waals surface area contributed by atoms with Gasteiger partial charge in [0.25, 0.3) is 0 Å². The molecule has 0 radical (unpaired) electrons. The maximum absolute atomic E-state index is 9.04. The lowest BCUT2D eigenvalue weighted by atomic mass is 10.2. The number of aliphatic hydroxyl groups is 1. The van der Waals surface area contributed by atoms with Gasteiger partial charge in [-0.05, 0) is 24.3 Å². The van der Waals surface area contributed by atoms with Crippen LogP contribution < -0.4 is 0 Å². The van der Waals surface area contributed by atoms with E-state index < -0.39 is 0 Å². The highest BCUT2D eigenvalue weighted by molar-refractivity contribution is 6.35. The average Bonchev–Trinajstić information content (AvgIpc) is 2.88. The minimum absolute atomic E-state index is 0.0774. The minimum atomic E-state index is -0.0774. The van der Waals surface area contributed by atoms with Crippen molar-refractivity contribution in [2.75, 3.05) is 0 Å². The topological polar surface area (TPSA) is 50.9 Å². The summed E-state index contributed by atoms with van der Waals surface area (Å²) in [6, 6.07) is 7.50. The Morgan fingerprint density at radius 3 is 2.89 bits per heavy atom. The first-order valence-corrected chi connectivity index (χ1v) is 5.85. The molecule has 0 bridgehead atoms. The highest BCUT2D eigenvalue weighted by atomic mass is 35.5. The maximum atomic E-state index is 9.04. The molecule has 3 rings (SSSR count). The molecule has 0 aliphatic rings. The number of hydrogen-bond acceptors (Lipinski definition) is 3. The lowest BCUT2D eigenvalue weighted by Crippen LogP contribution is -1.94. The molecule has 3 aromatic rings. The van der Waals surface area contributed by atoms with Crippen molar-refractivity contribution < 1.29 is 5.11 Å². The first-order valence-electron chi connectivity index (χ1n) is 5.47. The van der Waals surface area contributed by atoms with Crippen LogP contribution in [0.2, 0.25) is 5.02 Å². The van der Waals surface area contributed by atoms with Crippen LogP contribution >= 0.6 is 11.6 Å². The van der Waals surface area contributed by atoms with Crippen molar-refractivity contribution in [3.8, 4) is 5.69 Å². The second-order valence-corrected chi connectivity index (χ2v) is 4.30. The highest BCUT2D eigenvalue weighted by Gasteiger charge is 2.08. The molecule has 90 valence electrons. The van der Waals surface area contributed by atoms with Gasteiger partial charge < -0.3 is 9.67 Å². The van der Waals surface area contributed by atoms with Crippen molar-refractivity contribution in [2.24, 2.45) is 0 Å². The number of fused-ring (bicyclic) bond motifs is 1. The molecule has 4 nitrogen and oxygen atoms in total. The molecule has 0 saturated carbocycles. The van der Waals surface area contributed by atoms with E-state index in [4.69, 9.17) is 16.7 Å². The molecule has 5 heteroatoms. The van der Waals surface area contributed by atoms with Gasteiger partial charge in [0, 0.05) is 17.8 Å². The van der Waals surface area contributed by atoms with Crippen LogP contribution in [0.4, 0.5) is 0 Å². The molecule has 0 spiro atoms. The first kappa shape index (κ1) is 11.2. The van der Waals surface area contributed by atoms with Crippen LogP contribution in [0.3, 0.4) is 0 Å². The fourth-order valence-corrected chi connectivity index (χ4v) is 2.12. The van der Waals surface area contributed by atoms with Crippen molar-refractivity contribution in [3.05, 3.63) is 53.7 Å². The van der Waals surface area contributed by atoms with Crippen molar-refractivity contribution in [2.45, 2.75) is 6.61 Å². The van der Waals surface area contributed by atoms with Gasteiger partial charge in [-0.2, -0.15) is 0 Å². The second kappa shape index (κ2) is 4.40. The third-order valence-corrected chi connectivity index (χ3v) is 3.10. The number of rotatable bonds is 2. The Morgan fingerprint density at radius 1 is 1.22 bits per heavy atom. The van der Waals surface area contributed by atoms with E-state index >= 15 is 0 Å². The summed E-state index contributed by atoms with van der Waals surface area (Å²) in [4.78, 5) is 8.45. The highest BCUT2D eigenvalue weighted by Crippen LogP contribution is 2.27. The Kier molecular flexibility index (Phi) is 2.74. The SMILES string of the molecule is OCc1cn(-c2ccc(Cl)c3cccnc23)cn1. The van der Waals surface area contributed by atoms with Crippen LogP contribution in [-0.4, -0.2) is 19.6 Å². The van der Waals surface area contributed by atoms with Gasteiger partial charge in [-0.15, -0.1) is 0 Å². The van der Waals surface area contributed by atoms with E-state index in [-0.39, 0.29) is 6.61 Å². The lowest BCUT2D eigenvalue weighted by molar-refractivity contribution is 0.277. The fraction of sp³-hybridized carbons (Fsp3) is 0.0769. The molecular formula is C13H10ClN3O. The fourth-order valence-electron chi connectivity index (χ4n) is 1.91. The van der Waals surface area contributed by atoms with Gasteiger partial charge in [0.2, 0.25) is 0 Å². The number of hydrogen-bond donors (Lipinski definition) is 1. The van der Waals surface area contributed by atoms with E-state index in [9.17, 15) is 0 Å². The third kappa shape index (κ3) is 1.75. The molecule has 0 unspecified atom stereocenters. The third-order valence-electron chi connectivity index (χ3n) is 2.77. The molecular weight excluding hydrogens is 250 g/mol. The number of aliphatic hydroxyl groups excluding tert-OH is 1. The molecule has 0 atom stereocenters. The van der Waals surface area contributed by atoms with Crippen LogP contribution in [0.25, 0.3) is 16.6 Å². The number of nitrogens with zero attached hydrogens (tertiary/aromatic N) is 3. The zero-order valence-corrected chi connectivity index (χ0v) is 10.2. The maximum Gasteiger partial charge on any atom is 0.0996 e. The minimum Gasteiger partial charge on any atom is -0.390 e. The summed E-state index contributed by atoms with van der Waals surface area (Å²) >= 11 is 6.14. The Labute approximate surface area is 108 Å². The van der Waals surface area contributed by atoms with Gasteiger partial charge in [0.05, 0.1) is 34.9 Å². The summed E-state index contributed by atoms with van der Waals surface area (Å²) in [5, 5.41) is 10.6. The van der Waals surface area contributed by atoms with Crippen LogP contribution in [0, 0.1) is 0 Å². The normalized spacial score (nSPS) is 11.0. The van der Waals surface area contributed by atoms with Crippen LogP contribution in [0.5, 0.6) is 0 Å². The smallest absolute Gasteiger partial charge is 0.0996 e. The predicted molar refractivity (Wildman–Crippen MR) is 69.8 cm³/mol. The van der Waals surface area contributed by atoms with Crippen LogP contribution in [0.1, 0.15) is 5.69 Å². The largest absolute Gasteiger partial charge is 0.390 e. The molecule has 0 saturated heterocycles. The second-order valence-electron chi connectivity index (χ2n) is 3.90. The molecule has 0 aliphatic carbocycles. The first-order chi connectivity index (χ1) is 8.79. The summed E-state index contributed by atoms with van der Waals surface area (Å²) < 4.78 is 1.83. The van der Waals surface area contributed by atoms with Crippen molar-refractivity contribution >= 4 is 22.5 Å². The van der Waals surface area contributed by atoms with E-state index in [1.165, 1.54) is 0 Å². The van der Waals surface area contributed by atoms with Crippen molar-refractivity contribution in [1.29, 1.82) is 0 Å². The number of benzene rings is 1. The lowest BCUT2D eigenvalue weighted by Gasteiger charge is -2.07. The van der Waals surface area contributed by atoms with Gasteiger partial charge in [-0.25, -0.2) is 4.98 Å². The molecule has 0 amide bonds. The molecule has 2 heterocycles. The Bertz CT molecular complexity index is 708. The monoisotopic (exact) mass is 259 g/mol. The van der Waals surface area contributed by atoms with Gasteiger partial charge in [0.1, 0.15) is 0 Å². The van der Waals surface area contributed by atoms with E-state index in [1.54, 1.807) is 18.7 Å². The summed E-state index contributed by atoms with van der Waals surface area (Å²) in [7, 11) is 0. The van der Waals surface area contributed by atoms with Crippen LogP contribution in [0.15, 0.2) is 43.0 Å². The number of pyridine rings is 1.